The fraction of sp³-hybridized carbons (Fsp3) is 0.938. The van der Waals surface area contributed by atoms with Crippen LogP contribution in [0.15, 0.2) is 4.99 Å². The molecule has 0 amide bonds. The highest BCUT2D eigenvalue weighted by Crippen LogP contribution is 2.19. The number of ether oxygens (including phenoxy) is 1. The quantitative estimate of drug-likeness (QED) is 0.560. The fourth-order valence-corrected chi connectivity index (χ4v) is 3.49. The van der Waals surface area contributed by atoms with Gasteiger partial charge in [0, 0.05) is 51.4 Å². The highest BCUT2D eigenvalue weighted by atomic mass is 19.4. The third kappa shape index (κ3) is 6.63. The Morgan fingerprint density at radius 1 is 1.36 bits per heavy atom. The number of nitrogens with one attached hydrogen (secondary N) is 2. The molecule has 3 atom stereocenters. The van der Waals surface area contributed by atoms with Gasteiger partial charge in [0.1, 0.15) is 0 Å². The molecule has 0 aliphatic carbocycles. The van der Waals surface area contributed by atoms with Gasteiger partial charge in [-0.2, -0.15) is 13.2 Å². The molecule has 2 aliphatic heterocycles. The van der Waals surface area contributed by atoms with Gasteiger partial charge in [0.25, 0.3) is 0 Å². The molecule has 0 bridgehead atoms. The van der Waals surface area contributed by atoms with Crippen molar-refractivity contribution < 1.29 is 17.9 Å². The predicted molar refractivity (Wildman–Crippen MR) is 91.8 cm³/mol. The Bertz CT molecular complexity index is 446. The lowest BCUT2D eigenvalue weighted by Gasteiger charge is -2.38. The number of hydrogen-bond acceptors (Lipinski definition) is 4. The lowest BCUT2D eigenvalue weighted by Crippen LogP contribution is -2.53. The van der Waals surface area contributed by atoms with Crippen molar-refractivity contribution in [2.24, 2.45) is 4.99 Å². The molecular weight excluding hydrogens is 335 g/mol. The monoisotopic (exact) mass is 365 g/mol. The smallest absolute Gasteiger partial charge is 0.379 e. The molecule has 25 heavy (non-hydrogen) atoms. The first-order valence-electron chi connectivity index (χ1n) is 8.88. The van der Waals surface area contributed by atoms with E-state index in [2.05, 4.69) is 34.4 Å². The van der Waals surface area contributed by atoms with E-state index in [9.17, 15) is 13.2 Å². The Labute approximate surface area is 147 Å². The zero-order valence-electron chi connectivity index (χ0n) is 15.3. The lowest BCUT2D eigenvalue weighted by molar-refractivity contribution is -0.143. The summed E-state index contributed by atoms with van der Waals surface area (Å²) < 4.78 is 42.9. The number of rotatable bonds is 5. The van der Waals surface area contributed by atoms with Gasteiger partial charge in [-0.25, -0.2) is 0 Å². The molecule has 0 spiro atoms. The Morgan fingerprint density at radius 2 is 2.12 bits per heavy atom. The van der Waals surface area contributed by atoms with Gasteiger partial charge in [-0.15, -0.1) is 0 Å². The molecule has 2 N–H and O–H groups in total. The number of halogens is 3. The van der Waals surface area contributed by atoms with Crippen LogP contribution in [0.5, 0.6) is 0 Å². The molecule has 3 unspecified atom stereocenters. The van der Waals surface area contributed by atoms with Crippen molar-refractivity contribution in [3.05, 3.63) is 0 Å². The summed E-state index contributed by atoms with van der Waals surface area (Å²) in [6.45, 7) is 7.43. The number of aliphatic imine (C=N–C) groups is 1. The van der Waals surface area contributed by atoms with Crippen LogP contribution < -0.4 is 10.6 Å². The number of likely N-dealkylation sites (tertiary alicyclic amines) is 1. The van der Waals surface area contributed by atoms with Crippen LogP contribution >= 0.6 is 0 Å². The van der Waals surface area contributed by atoms with Gasteiger partial charge in [0.15, 0.2) is 5.96 Å². The second-order valence-corrected chi connectivity index (χ2v) is 6.94. The summed E-state index contributed by atoms with van der Waals surface area (Å²) >= 11 is 0. The number of guanidine groups is 1. The van der Waals surface area contributed by atoms with Gasteiger partial charge < -0.3 is 15.4 Å². The van der Waals surface area contributed by atoms with Crippen molar-refractivity contribution >= 4 is 5.96 Å². The molecule has 2 heterocycles. The first-order chi connectivity index (χ1) is 11.8. The van der Waals surface area contributed by atoms with Crippen LogP contribution in [0.25, 0.3) is 0 Å². The van der Waals surface area contributed by atoms with Crippen LogP contribution in [0.3, 0.4) is 0 Å². The van der Waals surface area contributed by atoms with E-state index in [1.807, 2.05) is 0 Å². The molecule has 2 saturated heterocycles. The fourth-order valence-electron chi connectivity index (χ4n) is 3.49. The Balaban J connectivity index is 1.74. The van der Waals surface area contributed by atoms with Crippen LogP contribution in [0.2, 0.25) is 0 Å². The van der Waals surface area contributed by atoms with Gasteiger partial charge in [0.2, 0.25) is 0 Å². The topological polar surface area (TPSA) is 52.1 Å². The maximum atomic E-state index is 12.5. The van der Waals surface area contributed by atoms with Crippen molar-refractivity contribution in [2.75, 3.05) is 53.0 Å². The second kappa shape index (κ2) is 9.05. The van der Waals surface area contributed by atoms with E-state index in [1.54, 1.807) is 7.05 Å². The lowest BCUT2D eigenvalue weighted by atomic mass is 10.2. The summed E-state index contributed by atoms with van der Waals surface area (Å²) in [6, 6.07) is 0.695. The molecule has 146 valence electrons. The van der Waals surface area contributed by atoms with Crippen LogP contribution in [0.4, 0.5) is 13.2 Å². The minimum atomic E-state index is -4.14. The normalized spacial score (nSPS) is 28.2. The van der Waals surface area contributed by atoms with E-state index in [-0.39, 0.29) is 6.04 Å². The van der Waals surface area contributed by atoms with Crippen LogP contribution in [-0.2, 0) is 4.74 Å². The minimum Gasteiger partial charge on any atom is -0.379 e. The van der Waals surface area contributed by atoms with E-state index in [1.165, 1.54) is 4.90 Å². The van der Waals surface area contributed by atoms with E-state index in [0.717, 1.165) is 26.3 Å². The zero-order chi connectivity index (χ0) is 18.4. The van der Waals surface area contributed by atoms with Gasteiger partial charge in [0.05, 0.1) is 19.8 Å². The molecule has 0 aromatic carbocycles. The third-order valence-electron chi connectivity index (χ3n) is 4.79. The van der Waals surface area contributed by atoms with Gasteiger partial charge in [-0.05, 0) is 20.3 Å². The molecule has 0 aromatic heterocycles. The maximum absolute atomic E-state index is 12.5. The molecular formula is C16H30F3N5O. The Morgan fingerprint density at radius 3 is 2.76 bits per heavy atom. The summed E-state index contributed by atoms with van der Waals surface area (Å²) in [6.07, 6.45) is -3.45. The van der Waals surface area contributed by atoms with Crippen LogP contribution in [0.1, 0.15) is 20.3 Å². The first kappa shape index (κ1) is 20.3. The number of nitrogens with zero attached hydrogens (tertiary/aromatic N) is 3. The molecule has 2 aliphatic rings. The Kier molecular flexibility index (Phi) is 7.33. The van der Waals surface area contributed by atoms with Crippen molar-refractivity contribution in [3.63, 3.8) is 0 Å². The largest absolute Gasteiger partial charge is 0.401 e. The van der Waals surface area contributed by atoms with E-state index >= 15 is 0 Å². The molecule has 0 aromatic rings. The van der Waals surface area contributed by atoms with Crippen LogP contribution in [0, 0.1) is 0 Å². The maximum Gasteiger partial charge on any atom is 0.401 e. The molecule has 0 radical (unpaired) electrons. The van der Waals surface area contributed by atoms with Gasteiger partial charge in [-0.3, -0.25) is 14.8 Å². The van der Waals surface area contributed by atoms with Gasteiger partial charge in [-0.1, -0.05) is 0 Å². The summed E-state index contributed by atoms with van der Waals surface area (Å²) in [5.41, 5.74) is 0. The number of alkyl halides is 3. The number of hydrogen-bond donors (Lipinski definition) is 2. The summed E-state index contributed by atoms with van der Waals surface area (Å²) in [7, 11) is 1.68. The van der Waals surface area contributed by atoms with E-state index in [4.69, 9.17) is 4.74 Å². The summed E-state index contributed by atoms with van der Waals surface area (Å²) in [4.78, 5) is 8.02. The molecule has 0 saturated carbocycles. The highest BCUT2D eigenvalue weighted by molar-refractivity contribution is 5.80. The summed E-state index contributed by atoms with van der Waals surface area (Å²) in [5.74, 6) is 0.645. The second-order valence-electron chi connectivity index (χ2n) is 6.94. The SMILES string of the molecule is CN=C(NCC(C)N1CCOCC1C)NC1CCN(CC(F)(F)F)C1. The van der Waals surface area contributed by atoms with Crippen molar-refractivity contribution in [1.82, 2.24) is 20.4 Å². The van der Waals surface area contributed by atoms with Crippen molar-refractivity contribution in [3.8, 4) is 0 Å². The molecule has 6 nitrogen and oxygen atoms in total. The molecule has 2 rings (SSSR count). The first-order valence-corrected chi connectivity index (χ1v) is 8.88. The van der Waals surface area contributed by atoms with E-state index in [0.29, 0.717) is 37.6 Å². The highest BCUT2D eigenvalue weighted by Gasteiger charge is 2.34. The zero-order valence-corrected chi connectivity index (χ0v) is 15.3. The molecule has 2 fully saturated rings. The summed E-state index contributed by atoms with van der Waals surface area (Å²) in [5, 5.41) is 6.53. The predicted octanol–water partition coefficient (Wildman–Crippen LogP) is 0.897. The van der Waals surface area contributed by atoms with Gasteiger partial charge >= 0.3 is 6.18 Å². The van der Waals surface area contributed by atoms with Crippen molar-refractivity contribution in [2.45, 2.75) is 44.6 Å². The molecule has 9 heteroatoms. The average molecular weight is 365 g/mol. The van der Waals surface area contributed by atoms with Crippen molar-refractivity contribution in [1.29, 1.82) is 0 Å². The van der Waals surface area contributed by atoms with Crippen LogP contribution in [-0.4, -0.2) is 93.0 Å². The minimum absolute atomic E-state index is 0.00818. The third-order valence-corrected chi connectivity index (χ3v) is 4.79. The number of morpholine rings is 1. The Hall–Kier alpha value is -1.06. The van der Waals surface area contributed by atoms with E-state index < -0.39 is 12.7 Å². The standard InChI is InChI=1S/C16H30F3N5O/c1-12(24-6-7-25-10-13(24)2)8-21-15(20-3)22-14-4-5-23(9-14)11-16(17,18)19/h12-14H,4-11H2,1-3H3,(H2,20,21,22). The average Bonchev–Trinajstić information content (AvgIpc) is 2.96.